The van der Waals surface area contributed by atoms with Crippen LogP contribution in [-0.2, 0) is 47.5 Å². The molecule has 15 heteroatoms. The third-order valence-corrected chi connectivity index (χ3v) is 11.8. The molecule has 0 unspecified atom stereocenters. The second-order valence-electron chi connectivity index (χ2n) is 16.6. The second-order valence-corrected chi connectivity index (χ2v) is 16.6. The first kappa shape index (κ1) is 46.6. The molecule has 54 heavy (non-hydrogen) atoms. The van der Waals surface area contributed by atoms with Crippen molar-refractivity contribution in [3.63, 3.8) is 0 Å². The van der Waals surface area contributed by atoms with Gasteiger partial charge in [-0.2, -0.15) is 0 Å². The molecule has 0 bridgehead atoms. The first-order valence-electron chi connectivity index (χ1n) is 19.6. The molecule has 3 heterocycles. The number of hydrogen-bond acceptors (Lipinski definition) is 15. The topological polar surface area (TPSA) is 200 Å². The smallest absolute Gasteiger partial charge is 0.311 e. The summed E-state index contributed by atoms with van der Waals surface area (Å²) in [6, 6.07) is -0.315. The Morgan fingerprint density at radius 3 is 2.11 bits per heavy atom. The van der Waals surface area contributed by atoms with Crippen LogP contribution in [0.4, 0.5) is 0 Å². The Balaban J connectivity index is 2.22. The van der Waals surface area contributed by atoms with E-state index >= 15 is 0 Å². The molecular formula is C39H69NO14. The molecule has 0 radical (unpaired) electrons. The summed E-state index contributed by atoms with van der Waals surface area (Å²) in [5.41, 5.74) is -3.84. The molecular weight excluding hydrogens is 706 g/mol. The number of likely N-dealkylation sites (N-methyl/N-ethyl adjacent to an activating group) is 1. The van der Waals surface area contributed by atoms with Crippen LogP contribution in [-0.4, -0.2) is 149 Å². The van der Waals surface area contributed by atoms with Gasteiger partial charge < -0.3 is 58.5 Å². The van der Waals surface area contributed by atoms with Gasteiger partial charge >= 0.3 is 11.9 Å². The zero-order chi connectivity index (χ0) is 41.0. The minimum atomic E-state index is -2.01. The molecule has 3 aliphatic rings. The number of carbonyl (C=O) groups is 3. The van der Waals surface area contributed by atoms with Gasteiger partial charge in [-0.1, -0.05) is 34.6 Å². The lowest BCUT2D eigenvalue weighted by Gasteiger charge is -2.48. The minimum absolute atomic E-state index is 0.109. The Morgan fingerprint density at radius 1 is 0.926 bits per heavy atom. The van der Waals surface area contributed by atoms with Gasteiger partial charge in [0.25, 0.3) is 0 Å². The van der Waals surface area contributed by atoms with E-state index in [2.05, 4.69) is 0 Å². The van der Waals surface area contributed by atoms with E-state index in [9.17, 15) is 34.8 Å². The Morgan fingerprint density at radius 2 is 1.56 bits per heavy atom. The van der Waals surface area contributed by atoms with Crippen molar-refractivity contribution in [1.82, 2.24) is 4.90 Å². The zero-order valence-corrected chi connectivity index (χ0v) is 34.6. The minimum Gasteiger partial charge on any atom is -0.459 e. The summed E-state index contributed by atoms with van der Waals surface area (Å²) in [5.74, 6) is -5.55. The average Bonchev–Trinajstić information content (AvgIpc) is 3.11. The molecule has 3 saturated heterocycles. The molecule has 0 aliphatic carbocycles. The molecule has 4 N–H and O–H groups in total. The van der Waals surface area contributed by atoms with Crippen molar-refractivity contribution in [2.45, 2.75) is 186 Å². The molecule has 0 amide bonds. The van der Waals surface area contributed by atoms with Gasteiger partial charge in [0.1, 0.15) is 23.6 Å². The Labute approximate surface area is 321 Å². The van der Waals surface area contributed by atoms with Gasteiger partial charge in [0.05, 0.1) is 54.2 Å². The predicted octanol–water partition coefficient (Wildman–Crippen LogP) is 2.36. The molecule has 0 aromatic carbocycles. The number of methoxy groups -OCH3 is 1. The van der Waals surface area contributed by atoms with Crippen LogP contribution in [0.15, 0.2) is 0 Å². The van der Waals surface area contributed by atoms with Gasteiger partial charge in [0.15, 0.2) is 18.7 Å². The van der Waals surface area contributed by atoms with Crippen LogP contribution >= 0.6 is 0 Å². The molecule has 0 aromatic heterocycles. The normalized spacial score (nSPS) is 46.1. The van der Waals surface area contributed by atoms with E-state index < -0.39 is 114 Å². The Hall–Kier alpha value is -1.79. The van der Waals surface area contributed by atoms with Crippen molar-refractivity contribution < 1.29 is 68.0 Å². The van der Waals surface area contributed by atoms with Crippen LogP contribution in [0.5, 0.6) is 0 Å². The number of nitrogens with zero attached hydrogens (tertiary/aromatic N) is 1. The maximum atomic E-state index is 14.1. The lowest BCUT2D eigenvalue weighted by molar-refractivity contribution is -0.313. The third kappa shape index (κ3) is 10.6. The fourth-order valence-corrected chi connectivity index (χ4v) is 8.49. The molecule has 18 atom stereocenters. The van der Waals surface area contributed by atoms with Gasteiger partial charge in [-0.05, 0) is 68.0 Å². The van der Waals surface area contributed by atoms with Gasteiger partial charge in [0.2, 0.25) is 0 Å². The second kappa shape index (κ2) is 19.1. The van der Waals surface area contributed by atoms with Crippen molar-refractivity contribution in [2.24, 2.45) is 23.7 Å². The highest BCUT2D eigenvalue weighted by atomic mass is 16.7. The summed E-state index contributed by atoms with van der Waals surface area (Å²) in [6.45, 7) is 16.3. The van der Waals surface area contributed by atoms with Gasteiger partial charge in [-0.3, -0.25) is 14.4 Å². The summed E-state index contributed by atoms with van der Waals surface area (Å²) in [7, 11) is 5.20. The molecule has 3 fully saturated rings. The maximum Gasteiger partial charge on any atom is 0.311 e. The molecule has 3 aliphatic heterocycles. The predicted molar refractivity (Wildman–Crippen MR) is 196 cm³/mol. The Kier molecular flexibility index (Phi) is 16.5. The monoisotopic (exact) mass is 775 g/mol. The molecule has 0 aromatic rings. The van der Waals surface area contributed by atoms with Crippen molar-refractivity contribution in [2.75, 3.05) is 21.2 Å². The highest BCUT2D eigenvalue weighted by molar-refractivity contribution is 5.83. The molecule has 314 valence electrons. The van der Waals surface area contributed by atoms with Crippen molar-refractivity contribution in [3.05, 3.63) is 0 Å². The first-order chi connectivity index (χ1) is 25.0. The third-order valence-electron chi connectivity index (χ3n) is 11.8. The largest absolute Gasteiger partial charge is 0.459 e. The van der Waals surface area contributed by atoms with Crippen LogP contribution in [0.2, 0.25) is 0 Å². The van der Waals surface area contributed by atoms with Crippen LogP contribution in [0.1, 0.15) is 101 Å². The summed E-state index contributed by atoms with van der Waals surface area (Å²) in [5, 5.41) is 46.2. The van der Waals surface area contributed by atoms with E-state index in [4.69, 9.17) is 33.2 Å². The lowest BCUT2D eigenvalue weighted by Crippen LogP contribution is -2.61. The quantitative estimate of drug-likeness (QED) is 0.249. The van der Waals surface area contributed by atoms with E-state index in [1.807, 2.05) is 25.9 Å². The summed E-state index contributed by atoms with van der Waals surface area (Å²) < 4.78 is 43.2. The highest BCUT2D eigenvalue weighted by Gasteiger charge is 2.53. The van der Waals surface area contributed by atoms with E-state index in [-0.39, 0.29) is 37.8 Å². The van der Waals surface area contributed by atoms with Gasteiger partial charge in [-0.25, -0.2) is 0 Å². The fourth-order valence-electron chi connectivity index (χ4n) is 8.49. The number of ether oxygens (including phenoxy) is 7. The SMILES string of the molecule is CCC(=O)O[C@H]1[C@H](O[C@H]2[C@H](C)[C@@H](O[C@H]3C[C@@H](OC)[C@@H](O)[C@H](C)O3)[C@H](C)C(=O)O[C@@H](CC)[C@](C)(O)[C@@H](O)[C@H](C)C(=O)[C@@H](C)C[C@]2(C)O)O[C@@H](C)C[C@H]1N(C)C. The standard InChI is InChI=1S/C39H69NO14/c1-14-27-39(10,47)34(44)21(5)30(42)19(3)18-38(9,46)35(54-37-33(52-28(41)15-2)25(40(11)12)16-20(4)49-37)22(6)32(23(7)36(45)51-27)53-29-17-26(48-13)31(43)24(8)50-29/h19-27,29,31-35,37,43-44,46-47H,14-18H2,1-13H3/t19-,20-,21+,22+,23-,24-,25+,26+,27-,29-,31-,32+,33+,34-,35-,37-,38-,39-/m0/s1. The number of cyclic esters (lactones) is 1. The molecule has 3 rings (SSSR count). The number of Topliss-reactive ketones (excluding diaryl/α,β-unsaturated/α-hetero) is 1. The number of hydrogen-bond donors (Lipinski definition) is 4. The van der Waals surface area contributed by atoms with E-state index in [1.54, 1.807) is 41.5 Å². The van der Waals surface area contributed by atoms with Crippen LogP contribution in [0.3, 0.4) is 0 Å². The average molecular weight is 776 g/mol. The van der Waals surface area contributed by atoms with E-state index in [0.717, 1.165) is 0 Å². The molecule has 0 saturated carbocycles. The Bertz CT molecular complexity index is 1250. The summed E-state index contributed by atoms with van der Waals surface area (Å²) in [4.78, 5) is 42.8. The number of esters is 2. The van der Waals surface area contributed by atoms with Crippen molar-refractivity contribution >= 4 is 17.7 Å². The lowest BCUT2D eigenvalue weighted by atomic mass is 9.74. The van der Waals surface area contributed by atoms with Crippen LogP contribution in [0, 0.1) is 23.7 Å². The maximum absolute atomic E-state index is 14.1. The number of rotatable bonds is 9. The summed E-state index contributed by atoms with van der Waals surface area (Å²) in [6.07, 6.45) is -10.1. The van der Waals surface area contributed by atoms with Crippen LogP contribution < -0.4 is 0 Å². The van der Waals surface area contributed by atoms with Crippen LogP contribution in [0.25, 0.3) is 0 Å². The van der Waals surface area contributed by atoms with Crippen molar-refractivity contribution in [1.29, 1.82) is 0 Å². The van der Waals surface area contributed by atoms with E-state index in [1.165, 1.54) is 27.9 Å². The van der Waals surface area contributed by atoms with Crippen molar-refractivity contribution in [3.8, 4) is 0 Å². The molecule has 15 nitrogen and oxygen atoms in total. The first-order valence-corrected chi connectivity index (χ1v) is 19.6. The van der Waals surface area contributed by atoms with Gasteiger partial charge in [0, 0.05) is 37.7 Å². The number of aliphatic hydroxyl groups is 4. The number of carbonyl (C=O) groups excluding carboxylic acids is 3. The number of aliphatic hydroxyl groups excluding tert-OH is 2. The molecule has 0 spiro atoms. The zero-order valence-electron chi connectivity index (χ0n) is 34.6. The fraction of sp³-hybridized carbons (Fsp3) is 0.923. The number of ketones is 1. The summed E-state index contributed by atoms with van der Waals surface area (Å²) >= 11 is 0. The van der Waals surface area contributed by atoms with E-state index in [0.29, 0.717) is 6.42 Å². The highest BCUT2D eigenvalue weighted by Crippen LogP contribution is 2.40. The van der Waals surface area contributed by atoms with Gasteiger partial charge in [-0.15, -0.1) is 0 Å².